The molecule has 0 unspecified atom stereocenters. The van der Waals surface area contributed by atoms with Crippen molar-refractivity contribution < 1.29 is 19.0 Å². The molecule has 0 amide bonds. The van der Waals surface area contributed by atoms with Crippen LogP contribution in [0.25, 0.3) is 0 Å². The summed E-state index contributed by atoms with van der Waals surface area (Å²) >= 11 is 0. The molecule has 0 spiro atoms. The molecule has 0 aromatic heterocycles. The Kier molecular flexibility index (Phi) is 4.51. The Bertz CT molecular complexity index is 811. The number of fused-ring (bicyclic) bond motifs is 1. The standard InChI is InChI=1S/C19H19NO4/c1-22-16-10-12-8-9-20-18(15(12)11-17(16)23-2)13-6-4-5-7-14(13)19(21)24-3/h4-7,10-11H,8-9H2,1-3H3. The Morgan fingerprint density at radius 1 is 1.00 bits per heavy atom. The highest BCUT2D eigenvalue weighted by molar-refractivity contribution is 6.18. The van der Waals surface area contributed by atoms with Crippen molar-refractivity contribution in [1.82, 2.24) is 0 Å². The number of carbonyl (C=O) groups is 1. The summed E-state index contributed by atoms with van der Waals surface area (Å²) in [7, 11) is 4.60. The van der Waals surface area contributed by atoms with E-state index in [0.717, 1.165) is 28.8 Å². The van der Waals surface area contributed by atoms with Crippen LogP contribution in [0.4, 0.5) is 0 Å². The van der Waals surface area contributed by atoms with Gasteiger partial charge in [-0.15, -0.1) is 0 Å². The predicted octanol–water partition coefficient (Wildman–Crippen LogP) is 2.88. The third-order valence-corrected chi connectivity index (χ3v) is 4.10. The molecule has 3 rings (SSSR count). The third kappa shape index (κ3) is 2.73. The molecular weight excluding hydrogens is 306 g/mol. The second-order valence-corrected chi connectivity index (χ2v) is 5.38. The zero-order valence-corrected chi connectivity index (χ0v) is 14.0. The van der Waals surface area contributed by atoms with Gasteiger partial charge >= 0.3 is 5.97 Å². The lowest BCUT2D eigenvalue weighted by molar-refractivity contribution is 0.0600. The largest absolute Gasteiger partial charge is 0.493 e. The normalized spacial score (nSPS) is 12.9. The van der Waals surface area contributed by atoms with Gasteiger partial charge in [0.25, 0.3) is 0 Å². The van der Waals surface area contributed by atoms with Crippen molar-refractivity contribution in [2.45, 2.75) is 6.42 Å². The summed E-state index contributed by atoms with van der Waals surface area (Å²) in [4.78, 5) is 16.8. The first-order valence-corrected chi connectivity index (χ1v) is 7.67. The number of aliphatic imine (C=N–C) groups is 1. The zero-order valence-electron chi connectivity index (χ0n) is 14.0. The molecule has 2 aromatic carbocycles. The fraction of sp³-hybridized carbons (Fsp3) is 0.263. The van der Waals surface area contributed by atoms with Gasteiger partial charge in [-0.1, -0.05) is 18.2 Å². The summed E-state index contributed by atoms with van der Waals surface area (Å²) in [5.41, 5.74) is 4.12. The maximum atomic E-state index is 12.1. The Morgan fingerprint density at radius 3 is 2.42 bits per heavy atom. The van der Waals surface area contributed by atoms with Crippen LogP contribution in [0.1, 0.15) is 27.0 Å². The molecule has 0 N–H and O–H groups in total. The van der Waals surface area contributed by atoms with Crippen molar-refractivity contribution in [3.63, 3.8) is 0 Å². The second kappa shape index (κ2) is 6.74. The van der Waals surface area contributed by atoms with Gasteiger partial charge in [0.1, 0.15) is 0 Å². The van der Waals surface area contributed by atoms with Crippen LogP contribution in [-0.4, -0.2) is 39.6 Å². The van der Waals surface area contributed by atoms with Crippen LogP contribution in [0.15, 0.2) is 41.4 Å². The summed E-state index contributed by atoms with van der Waals surface area (Å²) in [6, 6.07) is 11.2. The lowest BCUT2D eigenvalue weighted by atomic mass is 9.90. The van der Waals surface area contributed by atoms with Gasteiger partial charge in [-0.3, -0.25) is 4.99 Å². The first-order valence-electron chi connectivity index (χ1n) is 7.67. The van der Waals surface area contributed by atoms with Crippen LogP contribution in [-0.2, 0) is 11.2 Å². The average Bonchev–Trinajstić information content (AvgIpc) is 2.65. The van der Waals surface area contributed by atoms with E-state index in [1.165, 1.54) is 7.11 Å². The first kappa shape index (κ1) is 16.1. The summed E-state index contributed by atoms with van der Waals surface area (Å²) in [5, 5.41) is 0. The number of ether oxygens (including phenoxy) is 3. The summed E-state index contributed by atoms with van der Waals surface area (Å²) in [6.45, 7) is 0.660. The molecule has 124 valence electrons. The van der Waals surface area contributed by atoms with E-state index < -0.39 is 0 Å². The van der Waals surface area contributed by atoms with Gasteiger partial charge in [0, 0.05) is 17.7 Å². The molecule has 1 aliphatic heterocycles. The molecule has 0 aliphatic carbocycles. The quantitative estimate of drug-likeness (QED) is 0.811. The van der Waals surface area contributed by atoms with E-state index in [2.05, 4.69) is 4.99 Å². The second-order valence-electron chi connectivity index (χ2n) is 5.38. The molecular formula is C19H19NO4. The highest BCUT2D eigenvalue weighted by Crippen LogP contribution is 2.34. The molecule has 0 fully saturated rings. The van der Waals surface area contributed by atoms with E-state index >= 15 is 0 Å². The Hall–Kier alpha value is -2.82. The summed E-state index contributed by atoms with van der Waals surface area (Å²) < 4.78 is 15.7. The fourth-order valence-electron chi connectivity index (χ4n) is 2.93. The van der Waals surface area contributed by atoms with Crippen molar-refractivity contribution in [2.24, 2.45) is 4.99 Å². The monoisotopic (exact) mass is 325 g/mol. The maximum Gasteiger partial charge on any atom is 0.338 e. The third-order valence-electron chi connectivity index (χ3n) is 4.10. The van der Waals surface area contributed by atoms with Crippen LogP contribution in [0.2, 0.25) is 0 Å². The number of esters is 1. The van der Waals surface area contributed by atoms with Gasteiger partial charge in [0.15, 0.2) is 11.5 Å². The van der Waals surface area contributed by atoms with E-state index in [1.807, 2.05) is 30.3 Å². The molecule has 5 heteroatoms. The molecule has 0 atom stereocenters. The Morgan fingerprint density at radius 2 is 1.71 bits per heavy atom. The van der Waals surface area contributed by atoms with Crippen molar-refractivity contribution in [1.29, 1.82) is 0 Å². The van der Waals surface area contributed by atoms with Gasteiger partial charge in [-0.05, 0) is 30.2 Å². The SMILES string of the molecule is COC(=O)c1ccccc1C1=NCCc2cc(OC)c(OC)cc21. The topological polar surface area (TPSA) is 57.1 Å². The minimum atomic E-state index is -0.374. The molecule has 24 heavy (non-hydrogen) atoms. The molecule has 1 aliphatic rings. The minimum absolute atomic E-state index is 0.374. The van der Waals surface area contributed by atoms with Crippen LogP contribution in [0.5, 0.6) is 11.5 Å². The van der Waals surface area contributed by atoms with Crippen LogP contribution in [0.3, 0.4) is 0 Å². The van der Waals surface area contributed by atoms with Gasteiger partial charge in [-0.25, -0.2) is 4.79 Å². The number of nitrogens with zero attached hydrogens (tertiary/aromatic N) is 1. The summed E-state index contributed by atoms with van der Waals surface area (Å²) in [5.74, 6) is 0.959. The van der Waals surface area contributed by atoms with Gasteiger partial charge in [0.2, 0.25) is 0 Å². The molecule has 0 radical (unpaired) electrons. The number of carbonyl (C=O) groups excluding carboxylic acids is 1. The molecule has 0 saturated carbocycles. The Labute approximate surface area is 140 Å². The molecule has 5 nitrogen and oxygen atoms in total. The van der Waals surface area contributed by atoms with Crippen molar-refractivity contribution in [3.05, 3.63) is 58.7 Å². The highest BCUT2D eigenvalue weighted by Gasteiger charge is 2.23. The number of benzene rings is 2. The van der Waals surface area contributed by atoms with Gasteiger partial charge < -0.3 is 14.2 Å². The van der Waals surface area contributed by atoms with Crippen LogP contribution < -0.4 is 9.47 Å². The van der Waals surface area contributed by atoms with Crippen molar-refractivity contribution >= 4 is 11.7 Å². The Balaban J connectivity index is 2.16. The van der Waals surface area contributed by atoms with Gasteiger partial charge in [0.05, 0.1) is 32.6 Å². The predicted molar refractivity (Wildman–Crippen MR) is 91.5 cm³/mol. The van der Waals surface area contributed by atoms with E-state index in [-0.39, 0.29) is 5.97 Å². The van der Waals surface area contributed by atoms with E-state index in [9.17, 15) is 4.79 Å². The molecule has 1 heterocycles. The molecule has 2 aromatic rings. The number of hydrogen-bond donors (Lipinski definition) is 0. The van der Waals surface area contributed by atoms with E-state index in [4.69, 9.17) is 14.2 Å². The van der Waals surface area contributed by atoms with E-state index in [0.29, 0.717) is 23.6 Å². The summed E-state index contributed by atoms with van der Waals surface area (Å²) in [6.07, 6.45) is 0.819. The number of rotatable bonds is 4. The van der Waals surface area contributed by atoms with Gasteiger partial charge in [-0.2, -0.15) is 0 Å². The highest BCUT2D eigenvalue weighted by atomic mass is 16.5. The number of hydrogen-bond acceptors (Lipinski definition) is 5. The average molecular weight is 325 g/mol. The maximum absolute atomic E-state index is 12.1. The molecule has 0 bridgehead atoms. The first-order chi connectivity index (χ1) is 11.7. The zero-order chi connectivity index (χ0) is 17.1. The van der Waals surface area contributed by atoms with Crippen LogP contribution >= 0.6 is 0 Å². The number of methoxy groups -OCH3 is 3. The van der Waals surface area contributed by atoms with E-state index in [1.54, 1.807) is 20.3 Å². The van der Waals surface area contributed by atoms with Crippen LogP contribution in [0, 0.1) is 0 Å². The van der Waals surface area contributed by atoms with Crippen molar-refractivity contribution in [2.75, 3.05) is 27.9 Å². The fourth-order valence-corrected chi connectivity index (χ4v) is 2.93. The lowest BCUT2D eigenvalue weighted by Crippen LogP contribution is -2.18. The smallest absolute Gasteiger partial charge is 0.338 e. The minimum Gasteiger partial charge on any atom is -0.493 e. The van der Waals surface area contributed by atoms with Crippen molar-refractivity contribution in [3.8, 4) is 11.5 Å². The molecule has 0 saturated heterocycles. The lowest BCUT2D eigenvalue weighted by Gasteiger charge is -2.21.